The summed E-state index contributed by atoms with van der Waals surface area (Å²) in [7, 11) is 0. The SMILES string of the molecule is Cc1cc(C)n2c(NCc3ccccc3)c(-c3ccc([N+](=O)[O-])cc3)nc2c1. The Morgan fingerprint density at radius 3 is 2.43 bits per heavy atom. The molecule has 28 heavy (non-hydrogen) atoms. The molecule has 2 aromatic heterocycles. The average Bonchev–Trinajstić information content (AvgIpc) is 3.06. The number of aromatic nitrogens is 2. The number of fused-ring (bicyclic) bond motifs is 1. The molecule has 0 aliphatic carbocycles. The first-order valence-electron chi connectivity index (χ1n) is 9.05. The van der Waals surface area contributed by atoms with E-state index >= 15 is 0 Å². The lowest BCUT2D eigenvalue weighted by Gasteiger charge is -2.11. The summed E-state index contributed by atoms with van der Waals surface area (Å²) in [6.45, 7) is 4.75. The zero-order chi connectivity index (χ0) is 19.7. The van der Waals surface area contributed by atoms with Crippen LogP contribution in [0.2, 0.25) is 0 Å². The molecule has 2 heterocycles. The molecule has 0 saturated heterocycles. The van der Waals surface area contributed by atoms with Gasteiger partial charge in [-0.1, -0.05) is 30.3 Å². The minimum atomic E-state index is -0.393. The number of hydrogen-bond donors (Lipinski definition) is 1. The molecule has 0 amide bonds. The van der Waals surface area contributed by atoms with Gasteiger partial charge in [-0.15, -0.1) is 0 Å². The topological polar surface area (TPSA) is 72.5 Å². The molecular formula is C22H20N4O2. The highest BCUT2D eigenvalue weighted by Gasteiger charge is 2.17. The molecule has 0 atom stereocenters. The molecule has 0 bridgehead atoms. The summed E-state index contributed by atoms with van der Waals surface area (Å²) in [4.78, 5) is 15.4. The van der Waals surface area contributed by atoms with Gasteiger partial charge in [0.15, 0.2) is 0 Å². The predicted octanol–water partition coefficient (Wildman–Crippen LogP) is 5.14. The fourth-order valence-corrected chi connectivity index (χ4v) is 3.42. The van der Waals surface area contributed by atoms with Gasteiger partial charge in [0.2, 0.25) is 0 Å². The van der Waals surface area contributed by atoms with E-state index in [-0.39, 0.29) is 5.69 Å². The largest absolute Gasteiger partial charge is 0.365 e. The number of nitrogens with zero attached hydrogens (tertiary/aromatic N) is 3. The minimum Gasteiger partial charge on any atom is -0.365 e. The molecule has 4 rings (SSSR count). The zero-order valence-corrected chi connectivity index (χ0v) is 15.7. The number of hydrogen-bond acceptors (Lipinski definition) is 4. The normalized spacial score (nSPS) is 10.9. The lowest BCUT2D eigenvalue weighted by molar-refractivity contribution is -0.384. The lowest BCUT2D eigenvalue weighted by atomic mass is 10.1. The molecule has 1 N–H and O–H groups in total. The average molecular weight is 372 g/mol. The first kappa shape index (κ1) is 17.7. The van der Waals surface area contributed by atoms with Crippen molar-refractivity contribution in [2.75, 3.05) is 5.32 Å². The smallest absolute Gasteiger partial charge is 0.269 e. The van der Waals surface area contributed by atoms with Crippen molar-refractivity contribution >= 4 is 17.2 Å². The van der Waals surface area contributed by atoms with Gasteiger partial charge in [-0.25, -0.2) is 4.98 Å². The van der Waals surface area contributed by atoms with Crippen LogP contribution in [0.4, 0.5) is 11.5 Å². The van der Waals surface area contributed by atoms with E-state index in [1.165, 1.54) is 12.1 Å². The number of nitro groups is 1. The molecule has 0 aliphatic rings. The number of aryl methyl sites for hydroxylation is 2. The van der Waals surface area contributed by atoms with E-state index in [4.69, 9.17) is 4.98 Å². The Hall–Kier alpha value is -3.67. The Labute approximate surface area is 162 Å². The standard InChI is InChI=1S/C22H20N4O2/c1-15-12-16(2)25-20(13-15)24-21(18-8-10-19(11-9-18)26(27)28)22(25)23-14-17-6-4-3-5-7-17/h3-13,23H,14H2,1-2H3. The van der Waals surface area contributed by atoms with Crippen LogP contribution in [0.5, 0.6) is 0 Å². The Balaban J connectivity index is 1.82. The molecule has 0 spiro atoms. The summed E-state index contributed by atoms with van der Waals surface area (Å²) < 4.78 is 2.09. The third-order valence-corrected chi connectivity index (χ3v) is 4.70. The number of pyridine rings is 1. The maximum absolute atomic E-state index is 11.0. The van der Waals surface area contributed by atoms with Gasteiger partial charge in [0, 0.05) is 29.9 Å². The fourth-order valence-electron chi connectivity index (χ4n) is 3.42. The quantitative estimate of drug-likeness (QED) is 0.389. The highest BCUT2D eigenvalue weighted by Crippen LogP contribution is 2.31. The molecule has 0 fully saturated rings. The van der Waals surface area contributed by atoms with Crippen LogP contribution < -0.4 is 5.32 Å². The second kappa shape index (κ2) is 7.15. The second-order valence-corrected chi connectivity index (χ2v) is 6.82. The number of rotatable bonds is 5. The monoisotopic (exact) mass is 372 g/mol. The number of non-ortho nitro benzene ring substituents is 1. The van der Waals surface area contributed by atoms with Crippen molar-refractivity contribution in [3.63, 3.8) is 0 Å². The van der Waals surface area contributed by atoms with E-state index in [1.54, 1.807) is 12.1 Å². The highest BCUT2D eigenvalue weighted by molar-refractivity contribution is 5.77. The van der Waals surface area contributed by atoms with Crippen LogP contribution in [0, 0.1) is 24.0 Å². The molecule has 0 radical (unpaired) electrons. The van der Waals surface area contributed by atoms with E-state index in [0.717, 1.165) is 39.5 Å². The number of nitro benzene ring substituents is 1. The highest BCUT2D eigenvalue weighted by atomic mass is 16.6. The van der Waals surface area contributed by atoms with E-state index in [9.17, 15) is 10.1 Å². The van der Waals surface area contributed by atoms with Crippen molar-refractivity contribution < 1.29 is 4.92 Å². The van der Waals surface area contributed by atoms with Gasteiger partial charge in [0.25, 0.3) is 5.69 Å². The maximum Gasteiger partial charge on any atom is 0.269 e. The Kier molecular flexibility index (Phi) is 4.53. The van der Waals surface area contributed by atoms with Gasteiger partial charge in [-0.3, -0.25) is 14.5 Å². The molecule has 6 heteroatoms. The first-order chi connectivity index (χ1) is 13.5. The van der Waals surface area contributed by atoms with Gasteiger partial charge in [0.05, 0.1) is 4.92 Å². The number of anilines is 1. The summed E-state index contributed by atoms with van der Waals surface area (Å²) in [5.41, 5.74) is 5.91. The molecule has 0 saturated carbocycles. The molecular weight excluding hydrogens is 352 g/mol. The van der Waals surface area contributed by atoms with Gasteiger partial charge in [-0.05, 0) is 49.2 Å². The maximum atomic E-state index is 11.0. The van der Waals surface area contributed by atoms with Crippen molar-refractivity contribution in [1.29, 1.82) is 0 Å². The van der Waals surface area contributed by atoms with Crippen LogP contribution in [-0.4, -0.2) is 14.3 Å². The van der Waals surface area contributed by atoms with E-state index in [0.29, 0.717) is 6.54 Å². The summed E-state index contributed by atoms with van der Waals surface area (Å²) in [5.74, 6) is 0.880. The minimum absolute atomic E-state index is 0.0679. The van der Waals surface area contributed by atoms with Crippen LogP contribution in [0.15, 0.2) is 66.7 Å². The van der Waals surface area contributed by atoms with Crippen LogP contribution >= 0.6 is 0 Å². The Morgan fingerprint density at radius 1 is 1.04 bits per heavy atom. The van der Waals surface area contributed by atoms with E-state index < -0.39 is 4.92 Å². The predicted molar refractivity (Wildman–Crippen MR) is 111 cm³/mol. The lowest BCUT2D eigenvalue weighted by Crippen LogP contribution is -2.05. The number of nitrogens with one attached hydrogen (secondary N) is 1. The summed E-state index contributed by atoms with van der Waals surface area (Å²) in [5, 5.41) is 14.5. The summed E-state index contributed by atoms with van der Waals surface area (Å²) in [6.07, 6.45) is 0. The molecule has 0 aliphatic heterocycles. The second-order valence-electron chi connectivity index (χ2n) is 6.82. The zero-order valence-electron chi connectivity index (χ0n) is 15.7. The molecule has 4 aromatic rings. The van der Waals surface area contributed by atoms with Crippen LogP contribution in [0.25, 0.3) is 16.9 Å². The molecule has 140 valence electrons. The number of benzene rings is 2. The molecule has 0 unspecified atom stereocenters. The van der Waals surface area contributed by atoms with Crippen molar-refractivity contribution in [1.82, 2.24) is 9.38 Å². The Morgan fingerprint density at radius 2 is 1.75 bits per heavy atom. The van der Waals surface area contributed by atoms with Crippen molar-refractivity contribution in [3.05, 3.63) is 93.7 Å². The number of imidazole rings is 1. The van der Waals surface area contributed by atoms with Crippen LogP contribution in [0.1, 0.15) is 16.8 Å². The fraction of sp³-hybridized carbons (Fsp3) is 0.136. The summed E-state index contributed by atoms with van der Waals surface area (Å²) in [6, 6.07) is 20.8. The van der Waals surface area contributed by atoms with E-state index in [1.807, 2.05) is 31.2 Å². The van der Waals surface area contributed by atoms with Gasteiger partial charge in [0.1, 0.15) is 17.2 Å². The molecule has 2 aromatic carbocycles. The third kappa shape index (κ3) is 3.32. The van der Waals surface area contributed by atoms with Gasteiger partial charge in [-0.2, -0.15) is 0 Å². The first-order valence-corrected chi connectivity index (χ1v) is 9.05. The third-order valence-electron chi connectivity index (χ3n) is 4.70. The Bertz CT molecular complexity index is 1150. The van der Waals surface area contributed by atoms with Crippen molar-refractivity contribution in [2.45, 2.75) is 20.4 Å². The van der Waals surface area contributed by atoms with Crippen molar-refractivity contribution in [2.24, 2.45) is 0 Å². The summed E-state index contributed by atoms with van der Waals surface area (Å²) >= 11 is 0. The molecule has 6 nitrogen and oxygen atoms in total. The van der Waals surface area contributed by atoms with Crippen LogP contribution in [-0.2, 0) is 6.54 Å². The van der Waals surface area contributed by atoms with Crippen molar-refractivity contribution in [3.8, 4) is 11.3 Å². The van der Waals surface area contributed by atoms with Gasteiger partial charge >= 0.3 is 0 Å². The van der Waals surface area contributed by atoms with E-state index in [2.05, 4.69) is 34.8 Å². The van der Waals surface area contributed by atoms with Crippen LogP contribution in [0.3, 0.4) is 0 Å². The van der Waals surface area contributed by atoms with Gasteiger partial charge < -0.3 is 5.32 Å².